The van der Waals surface area contributed by atoms with E-state index in [2.05, 4.69) is 23.5 Å². The zero-order chi connectivity index (χ0) is 21.7. The van der Waals surface area contributed by atoms with E-state index in [4.69, 9.17) is 4.84 Å². The van der Waals surface area contributed by atoms with E-state index < -0.39 is 10.0 Å². The topological polar surface area (TPSA) is 91.6 Å². The van der Waals surface area contributed by atoms with Gasteiger partial charge < -0.3 is 10.0 Å². The van der Waals surface area contributed by atoms with Gasteiger partial charge in [-0.15, -0.1) is 0 Å². The van der Waals surface area contributed by atoms with Gasteiger partial charge in [0.25, 0.3) is 0 Å². The van der Waals surface area contributed by atoms with Crippen molar-refractivity contribution in [2.24, 2.45) is 10.3 Å². The van der Waals surface area contributed by atoms with Crippen LogP contribution in [-0.4, -0.2) is 56.8 Å². The lowest BCUT2D eigenvalue weighted by Crippen LogP contribution is -2.32. The van der Waals surface area contributed by atoms with E-state index in [0.717, 1.165) is 25.7 Å². The SMILES string of the molecule is BCO/N=C1C(C=C)=C(C=C)/C(=N\O)c2cc(S(=O)(=O)N3CCCCCC3)ccc2/1. The maximum absolute atomic E-state index is 13.3. The van der Waals surface area contributed by atoms with Gasteiger partial charge in [0.1, 0.15) is 11.4 Å². The first-order valence-electron chi connectivity index (χ1n) is 10.1. The van der Waals surface area contributed by atoms with Crippen molar-refractivity contribution < 1.29 is 18.5 Å². The molecule has 0 amide bonds. The number of rotatable bonds is 6. The Bertz CT molecular complexity index is 1040. The van der Waals surface area contributed by atoms with Gasteiger partial charge >= 0.3 is 0 Å². The number of nitrogens with zero attached hydrogens (tertiary/aromatic N) is 3. The molecule has 2 aliphatic rings. The molecule has 1 fully saturated rings. The summed E-state index contributed by atoms with van der Waals surface area (Å²) in [6.45, 7) is 9.02. The van der Waals surface area contributed by atoms with Crippen molar-refractivity contribution in [2.75, 3.05) is 19.6 Å². The lowest BCUT2D eigenvalue weighted by Gasteiger charge is -2.24. The molecule has 1 aliphatic carbocycles. The third-order valence-electron chi connectivity index (χ3n) is 5.30. The fourth-order valence-electron chi connectivity index (χ4n) is 3.81. The highest BCUT2D eigenvalue weighted by Gasteiger charge is 2.31. The summed E-state index contributed by atoms with van der Waals surface area (Å²) in [5.41, 5.74) is 2.87. The Morgan fingerprint density at radius 3 is 2.27 bits per heavy atom. The summed E-state index contributed by atoms with van der Waals surface area (Å²) in [5, 5.41) is 17.4. The van der Waals surface area contributed by atoms with Crippen molar-refractivity contribution in [3.05, 3.63) is 65.8 Å². The van der Waals surface area contributed by atoms with Crippen molar-refractivity contribution in [1.82, 2.24) is 4.31 Å². The van der Waals surface area contributed by atoms with Crippen molar-refractivity contribution >= 4 is 29.3 Å². The molecular weight excluding hydrogens is 401 g/mol. The first-order valence-corrected chi connectivity index (χ1v) is 11.5. The van der Waals surface area contributed by atoms with Crippen LogP contribution < -0.4 is 0 Å². The van der Waals surface area contributed by atoms with Crippen LogP contribution in [0.25, 0.3) is 0 Å². The summed E-state index contributed by atoms with van der Waals surface area (Å²) in [6.07, 6.45) is 6.89. The van der Waals surface area contributed by atoms with Crippen molar-refractivity contribution in [1.29, 1.82) is 0 Å². The predicted octanol–water partition coefficient (Wildman–Crippen LogP) is 2.42. The van der Waals surface area contributed by atoms with Crippen LogP contribution in [0.4, 0.5) is 0 Å². The second kappa shape index (κ2) is 9.44. The minimum atomic E-state index is -3.66. The van der Waals surface area contributed by atoms with Crippen LogP contribution in [0.2, 0.25) is 0 Å². The maximum Gasteiger partial charge on any atom is 0.243 e. The molecular formula is C21H26BN3O4S. The lowest BCUT2D eigenvalue weighted by molar-refractivity contribution is 0.192. The highest BCUT2D eigenvalue weighted by atomic mass is 32.2. The normalized spacial score (nSPS) is 20.7. The van der Waals surface area contributed by atoms with Crippen molar-refractivity contribution in [3.63, 3.8) is 0 Å². The number of benzene rings is 1. The largest absolute Gasteiger partial charge is 0.410 e. The highest BCUT2D eigenvalue weighted by molar-refractivity contribution is 7.89. The Kier molecular flexibility index (Phi) is 6.94. The Balaban J connectivity index is 2.17. The van der Waals surface area contributed by atoms with E-state index in [1.165, 1.54) is 16.4 Å². The van der Waals surface area contributed by atoms with E-state index in [1.54, 1.807) is 18.2 Å². The van der Waals surface area contributed by atoms with E-state index >= 15 is 0 Å². The minimum Gasteiger partial charge on any atom is -0.410 e. The molecule has 0 unspecified atom stereocenters. The molecule has 0 radical (unpaired) electrons. The molecule has 9 heteroatoms. The van der Waals surface area contributed by atoms with Gasteiger partial charge in [-0.2, -0.15) is 4.31 Å². The molecule has 0 aromatic heterocycles. The number of hydrogen-bond donors (Lipinski definition) is 1. The summed E-state index contributed by atoms with van der Waals surface area (Å²) in [4.78, 5) is 5.43. The zero-order valence-electron chi connectivity index (χ0n) is 17.2. The predicted molar refractivity (Wildman–Crippen MR) is 120 cm³/mol. The standard InChI is InChI=1S/C21H26BN3O4S/c1-3-16-17(4-2)21(24-29-14-22)18-10-9-15(13-19(18)20(16)23-26)30(27,28)25-11-7-5-6-8-12-25/h3-4,9-10,13,26H,1-2,5-8,11-12,14,22H2/b23-20+,24-21-. The third kappa shape index (κ3) is 4.00. The summed E-state index contributed by atoms with van der Waals surface area (Å²) >= 11 is 0. The molecule has 30 heavy (non-hydrogen) atoms. The Morgan fingerprint density at radius 2 is 1.70 bits per heavy atom. The van der Waals surface area contributed by atoms with Crippen LogP contribution in [-0.2, 0) is 14.9 Å². The molecule has 0 saturated carbocycles. The van der Waals surface area contributed by atoms with Crippen molar-refractivity contribution in [2.45, 2.75) is 30.6 Å². The van der Waals surface area contributed by atoms with Crippen LogP contribution in [0.1, 0.15) is 36.8 Å². The van der Waals surface area contributed by atoms with Crippen LogP contribution in [0.15, 0.2) is 69.9 Å². The monoisotopic (exact) mass is 427 g/mol. The first-order chi connectivity index (χ1) is 14.5. The molecule has 1 saturated heterocycles. The van der Waals surface area contributed by atoms with Crippen LogP contribution in [0, 0.1) is 0 Å². The molecule has 7 nitrogen and oxygen atoms in total. The molecule has 1 aliphatic heterocycles. The minimum absolute atomic E-state index is 0.158. The van der Waals surface area contributed by atoms with Gasteiger partial charge in [-0.25, -0.2) is 8.42 Å². The molecule has 0 atom stereocenters. The molecule has 1 heterocycles. The molecule has 1 N–H and O–H groups in total. The summed E-state index contributed by atoms with van der Waals surface area (Å²) in [5.74, 6) is 0. The summed E-state index contributed by atoms with van der Waals surface area (Å²) in [6, 6.07) is 4.77. The number of sulfonamides is 1. The molecule has 1 aromatic rings. The Labute approximate surface area is 178 Å². The Hall–Kier alpha value is -2.65. The van der Waals surface area contributed by atoms with Gasteiger partial charge in [-0.05, 0) is 25.0 Å². The first kappa shape index (κ1) is 22.0. The number of fused-ring (bicyclic) bond motifs is 1. The second-order valence-corrected chi connectivity index (χ2v) is 9.01. The third-order valence-corrected chi connectivity index (χ3v) is 7.19. The van der Waals surface area contributed by atoms with Crippen LogP contribution in [0.5, 0.6) is 0 Å². The fourth-order valence-corrected chi connectivity index (χ4v) is 5.35. The lowest BCUT2D eigenvalue weighted by atomic mass is 9.83. The average molecular weight is 427 g/mol. The van der Waals surface area contributed by atoms with Gasteiger partial charge in [0.15, 0.2) is 7.85 Å². The summed E-state index contributed by atoms with van der Waals surface area (Å²) < 4.78 is 28.1. The number of allylic oxidation sites excluding steroid dienone is 4. The molecule has 0 spiro atoms. The van der Waals surface area contributed by atoms with E-state index in [-0.39, 0.29) is 10.6 Å². The van der Waals surface area contributed by atoms with Gasteiger partial charge in [0.2, 0.25) is 10.0 Å². The molecule has 158 valence electrons. The Morgan fingerprint density at radius 1 is 1.07 bits per heavy atom. The van der Waals surface area contributed by atoms with E-state index in [9.17, 15) is 13.6 Å². The number of oxime groups is 2. The summed E-state index contributed by atoms with van der Waals surface area (Å²) in [7, 11) is -1.85. The van der Waals surface area contributed by atoms with Gasteiger partial charge in [-0.1, -0.05) is 54.5 Å². The van der Waals surface area contributed by atoms with Crippen LogP contribution >= 0.6 is 0 Å². The van der Waals surface area contributed by atoms with E-state index in [0.29, 0.717) is 47.6 Å². The second-order valence-electron chi connectivity index (χ2n) is 7.07. The number of hydrogen-bond acceptors (Lipinski definition) is 6. The van der Waals surface area contributed by atoms with E-state index in [1.807, 2.05) is 7.85 Å². The molecule has 0 bridgehead atoms. The quantitative estimate of drug-likeness (QED) is 0.429. The fraction of sp³-hybridized carbons (Fsp3) is 0.333. The van der Waals surface area contributed by atoms with Crippen molar-refractivity contribution in [3.8, 4) is 0 Å². The maximum atomic E-state index is 13.3. The highest BCUT2D eigenvalue weighted by Crippen LogP contribution is 2.32. The van der Waals surface area contributed by atoms with Gasteiger partial charge in [-0.3, -0.25) is 0 Å². The molecule has 1 aromatic carbocycles. The van der Waals surface area contributed by atoms with Crippen LogP contribution in [0.3, 0.4) is 0 Å². The average Bonchev–Trinajstić information content (AvgIpc) is 3.06. The smallest absolute Gasteiger partial charge is 0.243 e. The van der Waals surface area contributed by atoms with Gasteiger partial charge in [0, 0.05) is 35.4 Å². The van der Waals surface area contributed by atoms with Gasteiger partial charge in [0.05, 0.1) is 11.4 Å². The molecule has 3 rings (SSSR count). The zero-order valence-corrected chi connectivity index (χ0v) is 18.0.